The number of benzene rings is 3. The Bertz CT molecular complexity index is 1370. The molecule has 1 aromatic heterocycles. The van der Waals surface area contributed by atoms with Crippen LogP contribution in [0.25, 0.3) is 21.8 Å². The number of nitrogens with zero attached hydrogens (tertiary/aromatic N) is 2. The van der Waals surface area contributed by atoms with Crippen molar-refractivity contribution >= 4 is 34.5 Å². The number of fused-ring (bicyclic) bond motifs is 1. The van der Waals surface area contributed by atoms with Crippen LogP contribution >= 0.6 is 11.3 Å². The zero-order valence-electron chi connectivity index (χ0n) is 19.1. The molecule has 0 unspecified atom stereocenters. The minimum atomic E-state index is -0.330. The van der Waals surface area contributed by atoms with Crippen molar-refractivity contribution in [2.45, 2.75) is 6.92 Å². The van der Waals surface area contributed by atoms with Crippen molar-refractivity contribution in [3.05, 3.63) is 78.2 Å². The number of carbonyl (C=O) groups excluding carboxylic acids is 2. The standard InChI is InChI=1S/C27H23N3O4S/c1-2-33-23-11-7-6-10-20(23)28-25(31)15-30-22-14-19(12-13-24(22)34-16-26(30)32)21-17-35-27(29-21)18-8-4-3-5-9-18/h3-14,17H,2,15-16H2,1H3,(H,28,31). The quantitative estimate of drug-likeness (QED) is 0.387. The number of aromatic nitrogens is 1. The van der Waals surface area contributed by atoms with E-state index in [9.17, 15) is 9.59 Å². The third-order valence-corrected chi connectivity index (χ3v) is 6.38. The molecule has 0 saturated carbocycles. The molecule has 5 rings (SSSR count). The summed E-state index contributed by atoms with van der Waals surface area (Å²) in [5, 5.41) is 5.75. The van der Waals surface area contributed by atoms with E-state index in [1.54, 1.807) is 23.5 Å². The second-order valence-corrected chi connectivity index (χ2v) is 8.69. The molecule has 0 bridgehead atoms. The van der Waals surface area contributed by atoms with Crippen LogP contribution in [0.3, 0.4) is 0 Å². The fourth-order valence-corrected chi connectivity index (χ4v) is 4.67. The zero-order valence-corrected chi connectivity index (χ0v) is 19.9. The van der Waals surface area contributed by atoms with Crippen molar-refractivity contribution < 1.29 is 19.1 Å². The fraction of sp³-hybridized carbons (Fsp3) is 0.148. The van der Waals surface area contributed by atoms with Crippen LogP contribution in [0.2, 0.25) is 0 Å². The first-order chi connectivity index (χ1) is 17.1. The molecule has 1 N–H and O–H groups in total. The maximum absolute atomic E-state index is 12.9. The van der Waals surface area contributed by atoms with Crippen molar-refractivity contribution in [1.29, 1.82) is 0 Å². The molecule has 0 fully saturated rings. The Morgan fingerprint density at radius 2 is 1.89 bits per heavy atom. The molecule has 0 aliphatic carbocycles. The molecule has 3 aromatic carbocycles. The number of thiazole rings is 1. The Hall–Kier alpha value is -4.17. The average molecular weight is 486 g/mol. The third-order valence-electron chi connectivity index (χ3n) is 5.49. The highest BCUT2D eigenvalue weighted by molar-refractivity contribution is 7.13. The second-order valence-electron chi connectivity index (χ2n) is 7.83. The summed E-state index contributed by atoms with van der Waals surface area (Å²) in [6, 6.07) is 22.8. The van der Waals surface area contributed by atoms with Gasteiger partial charge in [0.15, 0.2) is 6.61 Å². The summed E-state index contributed by atoms with van der Waals surface area (Å²) in [6.45, 7) is 2.09. The van der Waals surface area contributed by atoms with Gasteiger partial charge < -0.3 is 14.8 Å². The van der Waals surface area contributed by atoms with Crippen molar-refractivity contribution in [1.82, 2.24) is 4.98 Å². The van der Waals surface area contributed by atoms with Gasteiger partial charge in [0, 0.05) is 16.5 Å². The summed E-state index contributed by atoms with van der Waals surface area (Å²) in [5.41, 5.74) is 3.79. The minimum absolute atomic E-state index is 0.121. The van der Waals surface area contributed by atoms with E-state index < -0.39 is 0 Å². The topological polar surface area (TPSA) is 80.8 Å². The monoisotopic (exact) mass is 485 g/mol. The molecule has 8 heteroatoms. The SMILES string of the molecule is CCOc1ccccc1NC(=O)CN1C(=O)COc2ccc(-c3csc(-c4ccccc4)n3)cc21. The molecule has 2 heterocycles. The number of ether oxygens (including phenoxy) is 2. The smallest absolute Gasteiger partial charge is 0.265 e. The maximum atomic E-state index is 12.9. The van der Waals surface area contributed by atoms with Gasteiger partial charge >= 0.3 is 0 Å². The van der Waals surface area contributed by atoms with Gasteiger partial charge in [0.1, 0.15) is 23.1 Å². The molecule has 35 heavy (non-hydrogen) atoms. The first-order valence-electron chi connectivity index (χ1n) is 11.2. The number of anilines is 2. The van der Waals surface area contributed by atoms with Crippen LogP contribution in [0.1, 0.15) is 6.92 Å². The Morgan fingerprint density at radius 3 is 2.71 bits per heavy atom. The Labute approximate surface area is 207 Å². The highest BCUT2D eigenvalue weighted by Crippen LogP contribution is 2.37. The lowest BCUT2D eigenvalue weighted by atomic mass is 10.1. The number of para-hydroxylation sites is 2. The van der Waals surface area contributed by atoms with Gasteiger partial charge in [-0.15, -0.1) is 11.3 Å². The average Bonchev–Trinajstić information content (AvgIpc) is 3.38. The first kappa shape index (κ1) is 22.6. The van der Waals surface area contributed by atoms with Crippen LogP contribution < -0.4 is 19.7 Å². The summed E-state index contributed by atoms with van der Waals surface area (Å²) in [6.07, 6.45) is 0. The summed E-state index contributed by atoms with van der Waals surface area (Å²) in [5.74, 6) is 0.515. The predicted octanol–water partition coefficient (Wildman–Crippen LogP) is 5.24. The molecular formula is C27H23N3O4S. The van der Waals surface area contributed by atoms with Gasteiger partial charge in [0.25, 0.3) is 5.91 Å². The van der Waals surface area contributed by atoms with Gasteiger partial charge in [-0.05, 0) is 37.3 Å². The van der Waals surface area contributed by atoms with Crippen LogP contribution in [-0.2, 0) is 9.59 Å². The Morgan fingerprint density at radius 1 is 1.09 bits per heavy atom. The van der Waals surface area contributed by atoms with Crippen molar-refractivity contribution in [2.24, 2.45) is 0 Å². The molecule has 176 valence electrons. The Kier molecular flexibility index (Phi) is 6.45. The summed E-state index contributed by atoms with van der Waals surface area (Å²) >= 11 is 1.55. The van der Waals surface area contributed by atoms with Gasteiger partial charge in [-0.3, -0.25) is 14.5 Å². The lowest BCUT2D eigenvalue weighted by molar-refractivity contribution is -0.123. The third kappa shape index (κ3) is 4.88. The van der Waals surface area contributed by atoms with E-state index in [0.717, 1.165) is 21.8 Å². The molecule has 1 aliphatic rings. The largest absolute Gasteiger partial charge is 0.492 e. The summed E-state index contributed by atoms with van der Waals surface area (Å²) < 4.78 is 11.2. The number of carbonyl (C=O) groups is 2. The molecule has 2 amide bonds. The lowest BCUT2D eigenvalue weighted by Crippen LogP contribution is -2.43. The summed E-state index contributed by atoms with van der Waals surface area (Å²) in [7, 11) is 0. The molecular weight excluding hydrogens is 462 g/mol. The van der Waals surface area contributed by atoms with Crippen LogP contribution in [0.4, 0.5) is 11.4 Å². The van der Waals surface area contributed by atoms with E-state index in [-0.39, 0.29) is 25.0 Å². The van der Waals surface area contributed by atoms with Gasteiger partial charge in [-0.2, -0.15) is 0 Å². The predicted molar refractivity (Wildman–Crippen MR) is 137 cm³/mol. The molecule has 1 aliphatic heterocycles. The lowest BCUT2D eigenvalue weighted by Gasteiger charge is -2.29. The van der Waals surface area contributed by atoms with E-state index in [0.29, 0.717) is 29.5 Å². The second kappa shape index (κ2) is 9.99. The zero-order chi connectivity index (χ0) is 24.2. The van der Waals surface area contributed by atoms with E-state index in [1.165, 1.54) is 4.90 Å². The molecule has 0 spiro atoms. The van der Waals surface area contributed by atoms with Gasteiger partial charge in [0.2, 0.25) is 5.91 Å². The van der Waals surface area contributed by atoms with Crippen LogP contribution in [0.15, 0.2) is 78.2 Å². The number of nitrogens with one attached hydrogen (secondary N) is 1. The molecule has 0 atom stereocenters. The molecule has 7 nitrogen and oxygen atoms in total. The summed E-state index contributed by atoms with van der Waals surface area (Å²) in [4.78, 5) is 31.8. The van der Waals surface area contributed by atoms with E-state index >= 15 is 0 Å². The van der Waals surface area contributed by atoms with Crippen molar-refractivity contribution in [3.8, 4) is 33.3 Å². The molecule has 0 radical (unpaired) electrons. The highest BCUT2D eigenvalue weighted by Gasteiger charge is 2.28. The number of amides is 2. The first-order valence-corrected chi connectivity index (χ1v) is 12.1. The number of hydrogen-bond donors (Lipinski definition) is 1. The van der Waals surface area contributed by atoms with Gasteiger partial charge in [-0.25, -0.2) is 4.98 Å². The van der Waals surface area contributed by atoms with Crippen molar-refractivity contribution in [3.63, 3.8) is 0 Å². The van der Waals surface area contributed by atoms with Crippen LogP contribution in [0, 0.1) is 0 Å². The van der Waals surface area contributed by atoms with E-state index in [2.05, 4.69) is 5.32 Å². The van der Waals surface area contributed by atoms with Crippen LogP contribution in [0.5, 0.6) is 11.5 Å². The van der Waals surface area contributed by atoms with Gasteiger partial charge in [0.05, 0.1) is 23.7 Å². The molecule has 4 aromatic rings. The van der Waals surface area contributed by atoms with Gasteiger partial charge in [-0.1, -0.05) is 42.5 Å². The number of rotatable bonds is 7. The normalized spacial score (nSPS) is 12.6. The van der Waals surface area contributed by atoms with Crippen LogP contribution in [-0.4, -0.2) is 36.6 Å². The highest BCUT2D eigenvalue weighted by atomic mass is 32.1. The number of hydrogen-bond acceptors (Lipinski definition) is 6. The minimum Gasteiger partial charge on any atom is -0.492 e. The maximum Gasteiger partial charge on any atom is 0.265 e. The van der Waals surface area contributed by atoms with E-state index in [1.807, 2.05) is 73.0 Å². The molecule has 0 saturated heterocycles. The van der Waals surface area contributed by atoms with E-state index in [4.69, 9.17) is 14.5 Å². The fourth-order valence-electron chi connectivity index (χ4n) is 3.84. The van der Waals surface area contributed by atoms with Crippen molar-refractivity contribution in [2.75, 3.05) is 30.0 Å². The Balaban J connectivity index is 1.39.